The third-order valence-electron chi connectivity index (χ3n) is 5.46. The van der Waals surface area contributed by atoms with Gasteiger partial charge in [0.15, 0.2) is 12.4 Å². The maximum Gasteiger partial charge on any atom is 0.341 e. The molecule has 33 heavy (non-hydrogen) atoms. The molecule has 7 heteroatoms. The van der Waals surface area contributed by atoms with Crippen LogP contribution < -0.4 is 4.74 Å². The highest BCUT2D eigenvalue weighted by atomic mass is 16.5. The molecule has 4 rings (SSSR count). The first kappa shape index (κ1) is 22.1. The molecule has 0 fully saturated rings. The zero-order valence-corrected chi connectivity index (χ0v) is 18.0. The zero-order valence-electron chi connectivity index (χ0n) is 18.0. The first-order valence-electron chi connectivity index (χ1n) is 10.6. The quantitative estimate of drug-likeness (QED) is 0.334. The summed E-state index contributed by atoms with van der Waals surface area (Å²) in [5, 5.41) is 20.2. The van der Waals surface area contributed by atoms with E-state index in [-0.39, 0.29) is 17.1 Å². The van der Waals surface area contributed by atoms with Gasteiger partial charge >= 0.3 is 11.9 Å². The summed E-state index contributed by atoms with van der Waals surface area (Å²) in [6, 6.07) is 15.2. The maximum absolute atomic E-state index is 13.5. The lowest BCUT2D eigenvalue weighted by atomic mass is 9.95. The van der Waals surface area contributed by atoms with Crippen molar-refractivity contribution in [1.82, 2.24) is 0 Å². The molecule has 0 atom stereocenters. The molecule has 7 nitrogen and oxygen atoms in total. The summed E-state index contributed by atoms with van der Waals surface area (Å²) in [7, 11) is 0. The van der Waals surface area contributed by atoms with Gasteiger partial charge in [0, 0.05) is 17.4 Å². The molecule has 0 saturated carbocycles. The summed E-state index contributed by atoms with van der Waals surface area (Å²) in [5.74, 6) is -2.05. The number of hydrogen-bond acceptors (Lipinski definition) is 5. The van der Waals surface area contributed by atoms with E-state index in [2.05, 4.69) is 6.92 Å². The fourth-order valence-electron chi connectivity index (χ4n) is 3.93. The second-order valence-corrected chi connectivity index (χ2v) is 7.69. The summed E-state index contributed by atoms with van der Waals surface area (Å²) in [5.41, 5.74) is 1.44. The number of furan rings is 1. The van der Waals surface area contributed by atoms with Gasteiger partial charge in [-0.15, -0.1) is 0 Å². The van der Waals surface area contributed by atoms with Gasteiger partial charge < -0.3 is 19.4 Å². The Kier molecular flexibility index (Phi) is 6.13. The molecule has 168 valence electrons. The minimum atomic E-state index is -1.25. The minimum Gasteiger partial charge on any atom is -0.481 e. The molecule has 0 aliphatic rings. The largest absolute Gasteiger partial charge is 0.481 e. The number of aryl methyl sites for hydroxylation is 1. The number of rotatable bonds is 9. The van der Waals surface area contributed by atoms with Gasteiger partial charge in [-0.05, 0) is 35.4 Å². The van der Waals surface area contributed by atoms with E-state index in [9.17, 15) is 19.5 Å². The molecule has 0 spiro atoms. The summed E-state index contributed by atoms with van der Waals surface area (Å²) in [4.78, 5) is 36.2. The van der Waals surface area contributed by atoms with Crippen molar-refractivity contribution >= 4 is 39.5 Å². The number of aliphatic carboxylic acids is 1. The van der Waals surface area contributed by atoms with Crippen LogP contribution in [0.15, 0.2) is 59.0 Å². The van der Waals surface area contributed by atoms with Crippen LogP contribution in [0.5, 0.6) is 5.75 Å². The van der Waals surface area contributed by atoms with Gasteiger partial charge in [0.05, 0.1) is 5.56 Å². The number of ketones is 1. The number of carbonyl (C=O) groups is 3. The number of hydrogen-bond donors (Lipinski definition) is 2. The van der Waals surface area contributed by atoms with Crippen molar-refractivity contribution in [2.24, 2.45) is 0 Å². The summed E-state index contributed by atoms with van der Waals surface area (Å²) < 4.78 is 11.1. The van der Waals surface area contributed by atoms with Crippen molar-refractivity contribution in [2.45, 2.75) is 26.2 Å². The molecule has 0 unspecified atom stereocenters. The van der Waals surface area contributed by atoms with Gasteiger partial charge in [-0.25, -0.2) is 9.59 Å². The Bertz CT molecular complexity index is 1380. The van der Waals surface area contributed by atoms with Gasteiger partial charge in [0.2, 0.25) is 0 Å². The van der Waals surface area contributed by atoms with E-state index in [1.54, 1.807) is 24.3 Å². The Hall–Kier alpha value is -4.13. The molecule has 0 amide bonds. The van der Waals surface area contributed by atoms with Gasteiger partial charge in [-0.2, -0.15) is 0 Å². The second-order valence-electron chi connectivity index (χ2n) is 7.69. The zero-order chi connectivity index (χ0) is 23.5. The first-order valence-corrected chi connectivity index (χ1v) is 10.6. The van der Waals surface area contributed by atoms with Crippen LogP contribution in [0.25, 0.3) is 21.7 Å². The standard InChI is InChI=1S/C26H22O7/c1-2-3-7-21-23(18-6-4-5-8-19(18)33-21)25(29)16-9-11-17-15(13-16)10-12-20(24(17)26(30)31)32-14-22(27)28/h4-6,8-13H,2-3,7,14H2,1H3,(H,27,28)(H,30,31). The molecular weight excluding hydrogens is 424 g/mol. The topological polar surface area (TPSA) is 114 Å². The molecule has 0 aliphatic heterocycles. The van der Waals surface area contributed by atoms with Crippen LogP contribution in [0.4, 0.5) is 0 Å². The number of ether oxygens (including phenoxy) is 1. The third-order valence-corrected chi connectivity index (χ3v) is 5.46. The van der Waals surface area contributed by atoms with Crippen molar-refractivity contribution < 1.29 is 33.8 Å². The Morgan fingerprint density at radius 1 is 0.939 bits per heavy atom. The molecule has 0 bridgehead atoms. The summed E-state index contributed by atoms with van der Waals surface area (Å²) >= 11 is 0. The number of benzene rings is 3. The number of carboxylic acid groups (broad SMARTS) is 2. The maximum atomic E-state index is 13.5. The van der Waals surface area contributed by atoms with E-state index >= 15 is 0 Å². The highest BCUT2D eigenvalue weighted by Gasteiger charge is 2.23. The van der Waals surface area contributed by atoms with Gasteiger partial charge in [-0.3, -0.25) is 4.79 Å². The molecule has 0 aliphatic carbocycles. The fourth-order valence-corrected chi connectivity index (χ4v) is 3.93. The monoisotopic (exact) mass is 446 g/mol. The number of para-hydroxylation sites is 1. The summed E-state index contributed by atoms with van der Waals surface area (Å²) in [6.45, 7) is 1.42. The number of carbonyl (C=O) groups excluding carboxylic acids is 1. The predicted molar refractivity (Wildman–Crippen MR) is 122 cm³/mol. The molecular formula is C26H22O7. The normalized spacial score (nSPS) is 11.1. The van der Waals surface area contributed by atoms with Crippen LogP contribution in [0.3, 0.4) is 0 Å². The molecule has 1 aromatic heterocycles. The van der Waals surface area contributed by atoms with E-state index in [1.807, 2.05) is 24.3 Å². The van der Waals surface area contributed by atoms with Crippen LogP contribution in [-0.2, 0) is 11.2 Å². The van der Waals surface area contributed by atoms with Gasteiger partial charge in [-0.1, -0.05) is 49.7 Å². The Labute approximate surface area is 189 Å². The van der Waals surface area contributed by atoms with E-state index < -0.39 is 18.5 Å². The number of fused-ring (bicyclic) bond motifs is 2. The van der Waals surface area contributed by atoms with Crippen molar-refractivity contribution in [2.75, 3.05) is 6.61 Å². The van der Waals surface area contributed by atoms with Crippen LogP contribution in [0.1, 0.15) is 51.8 Å². The van der Waals surface area contributed by atoms with Crippen LogP contribution in [0.2, 0.25) is 0 Å². The molecule has 0 saturated heterocycles. The van der Waals surface area contributed by atoms with E-state index in [1.165, 1.54) is 6.07 Å². The van der Waals surface area contributed by atoms with E-state index in [4.69, 9.17) is 14.3 Å². The van der Waals surface area contributed by atoms with Crippen molar-refractivity contribution in [1.29, 1.82) is 0 Å². The smallest absolute Gasteiger partial charge is 0.341 e. The van der Waals surface area contributed by atoms with Crippen molar-refractivity contribution in [3.05, 3.63) is 77.0 Å². The van der Waals surface area contributed by atoms with Crippen LogP contribution >= 0.6 is 0 Å². The van der Waals surface area contributed by atoms with Crippen LogP contribution in [-0.4, -0.2) is 34.5 Å². The molecule has 2 N–H and O–H groups in total. The average Bonchev–Trinajstić information content (AvgIpc) is 3.18. The second kappa shape index (κ2) is 9.16. The lowest BCUT2D eigenvalue weighted by molar-refractivity contribution is -0.139. The van der Waals surface area contributed by atoms with Crippen LogP contribution in [0, 0.1) is 0 Å². The Balaban J connectivity index is 1.80. The molecule has 0 radical (unpaired) electrons. The summed E-state index contributed by atoms with van der Waals surface area (Å²) in [6.07, 6.45) is 2.50. The molecule has 3 aromatic carbocycles. The SMILES string of the molecule is CCCCc1oc2ccccc2c1C(=O)c1ccc2c(C(=O)O)c(OCC(=O)O)ccc2c1. The first-order chi connectivity index (χ1) is 15.9. The Morgan fingerprint density at radius 2 is 1.73 bits per heavy atom. The van der Waals surface area contributed by atoms with Gasteiger partial charge in [0.1, 0.15) is 22.7 Å². The van der Waals surface area contributed by atoms with E-state index in [0.717, 1.165) is 18.2 Å². The highest BCUT2D eigenvalue weighted by Crippen LogP contribution is 2.32. The molecule has 4 aromatic rings. The highest BCUT2D eigenvalue weighted by molar-refractivity contribution is 6.18. The van der Waals surface area contributed by atoms with E-state index in [0.29, 0.717) is 39.7 Å². The minimum absolute atomic E-state index is 0.0424. The third kappa shape index (κ3) is 4.30. The van der Waals surface area contributed by atoms with Gasteiger partial charge in [0.25, 0.3) is 0 Å². The van der Waals surface area contributed by atoms with Crippen molar-refractivity contribution in [3.63, 3.8) is 0 Å². The Morgan fingerprint density at radius 3 is 2.45 bits per heavy atom. The fraction of sp³-hybridized carbons (Fsp3) is 0.192. The number of carboxylic acids is 2. The van der Waals surface area contributed by atoms with Crippen molar-refractivity contribution in [3.8, 4) is 5.75 Å². The number of unbranched alkanes of at least 4 members (excludes halogenated alkanes) is 1. The molecule has 1 heterocycles. The predicted octanol–water partition coefficient (Wildman–Crippen LogP) is 5.32. The lowest BCUT2D eigenvalue weighted by Crippen LogP contribution is -2.12. The lowest BCUT2D eigenvalue weighted by Gasteiger charge is -2.11. The number of aromatic carboxylic acids is 1. The average molecular weight is 446 g/mol.